The lowest BCUT2D eigenvalue weighted by atomic mass is 10.1. The Bertz CT molecular complexity index is 1340. The zero-order chi connectivity index (χ0) is 22.4. The number of aromatic nitrogens is 1. The van der Waals surface area contributed by atoms with Crippen LogP contribution in [0.4, 0.5) is 27.6 Å². The number of hydrogen-bond acceptors (Lipinski definition) is 3. The fraction of sp³-hybridized carbons (Fsp3) is 0.0476. The van der Waals surface area contributed by atoms with Crippen molar-refractivity contribution in [1.29, 1.82) is 0 Å². The minimum Gasteiger partial charge on any atom is -0.436 e. The Hall–Kier alpha value is -3.46. The number of anilines is 1. The second-order valence-corrected chi connectivity index (χ2v) is 6.99. The van der Waals surface area contributed by atoms with Crippen LogP contribution in [0, 0.1) is 36.0 Å². The Morgan fingerprint density at radius 2 is 1.58 bits per heavy atom. The van der Waals surface area contributed by atoms with Crippen molar-refractivity contribution in [2.75, 3.05) is 5.32 Å². The number of nitrogens with one attached hydrogen (secondary N) is 1. The van der Waals surface area contributed by atoms with Crippen molar-refractivity contribution < 1.29 is 31.2 Å². The maximum atomic E-state index is 13.9. The number of benzene rings is 3. The molecule has 0 aliphatic carbocycles. The number of rotatable bonds is 3. The highest BCUT2D eigenvalue weighted by Crippen LogP contribution is 2.32. The molecular formula is C21H10ClF5N2O2. The summed E-state index contributed by atoms with van der Waals surface area (Å²) in [6.07, 6.45) is 0. The minimum absolute atomic E-state index is 0.0482. The average Bonchev–Trinajstić information content (AvgIpc) is 3.15. The highest BCUT2D eigenvalue weighted by Gasteiger charge is 2.30. The summed E-state index contributed by atoms with van der Waals surface area (Å²) >= 11 is 6.02. The molecule has 0 atom stereocenters. The number of carbonyl (C=O) groups excluding carboxylic acids is 1. The summed E-state index contributed by atoms with van der Waals surface area (Å²) in [6.45, 7) is 1.87. The lowest BCUT2D eigenvalue weighted by Gasteiger charge is -2.11. The summed E-state index contributed by atoms with van der Waals surface area (Å²) in [5.41, 5.74) is 0.606. The molecule has 0 radical (unpaired) electrons. The van der Waals surface area contributed by atoms with Gasteiger partial charge in [-0.25, -0.2) is 26.9 Å². The van der Waals surface area contributed by atoms with Gasteiger partial charge in [-0.1, -0.05) is 17.7 Å². The first-order valence-corrected chi connectivity index (χ1v) is 9.05. The van der Waals surface area contributed by atoms with E-state index in [1.54, 1.807) is 12.1 Å². The monoisotopic (exact) mass is 452 g/mol. The van der Waals surface area contributed by atoms with Crippen LogP contribution in [-0.2, 0) is 0 Å². The molecule has 4 aromatic rings. The number of nitrogens with zero attached hydrogens (tertiary/aromatic N) is 1. The van der Waals surface area contributed by atoms with E-state index in [0.717, 1.165) is 5.56 Å². The normalized spacial score (nSPS) is 11.2. The van der Waals surface area contributed by atoms with Gasteiger partial charge in [0.2, 0.25) is 11.7 Å². The summed E-state index contributed by atoms with van der Waals surface area (Å²) in [4.78, 5) is 16.6. The molecule has 0 saturated heterocycles. The zero-order valence-corrected chi connectivity index (χ0v) is 16.3. The zero-order valence-electron chi connectivity index (χ0n) is 15.5. The number of fused-ring (bicyclic) bond motifs is 1. The molecule has 4 nitrogen and oxygen atoms in total. The number of halogens is 6. The van der Waals surface area contributed by atoms with Gasteiger partial charge in [0.15, 0.2) is 28.9 Å². The van der Waals surface area contributed by atoms with Crippen LogP contribution in [0.5, 0.6) is 0 Å². The third kappa shape index (κ3) is 3.61. The SMILES string of the molecule is Cc1ccc2nc(-c3ccc(Cl)c(NC(=O)c4c(F)c(F)c(F)c(F)c4F)c3)oc2c1. The third-order valence-corrected chi connectivity index (χ3v) is 4.77. The number of oxazole rings is 1. The van der Waals surface area contributed by atoms with Crippen molar-refractivity contribution in [2.24, 2.45) is 0 Å². The number of hydrogen-bond donors (Lipinski definition) is 1. The van der Waals surface area contributed by atoms with Gasteiger partial charge in [0.25, 0.3) is 5.91 Å². The first-order chi connectivity index (χ1) is 14.7. The van der Waals surface area contributed by atoms with Crippen LogP contribution in [0.2, 0.25) is 5.02 Å². The van der Waals surface area contributed by atoms with Crippen LogP contribution in [0.25, 0.3) is 22.6 Å². The Balaban J connectivity index is 1.72. The van der Waals surface area contributed by atoms with Gasteiger partial charge in [0.1, 0.15) is 11.1 Å². The van der Waals surface area contributed by atoms with Crippen LogP contribution >= 0.6 is 11.6 Å². The predicted molar refractivity (Wildman–Crippen MR) is 103 cm³/mol. The fourth-order valence-corrected chi connectivity index (χ4v) is 3.06. The highest BCUT2D eigenvalue weighted by atomic mass is 35.5. The molecule has 1 amide bonds. The number of amides is 1. The van der Waals surface area contributed by atoms with Gasteiger partial charge >= 0.3 is 0 Å². The summed E-state index contributed by atoms with van der Waals surface area (Å²) in [5, 5.41) is 2.01. The molecule has 0 aliphatic heterocycles. The Labute approximate surface area is 176 Å². The Kier molecular flexibility index (Phi) is 5.14. The Morgan fingerprint density at radius 3 is 2.26 bits per heavy atom. The van der Waals surface area contributed by atoms with E-state index in [2.05, 4.69) is 10.3 Å². The van der Waals surface area contributed by atoms with Gasteiger partial charge in [-0.2, -0.15) is 0 Å². The average molecular weight is 453 g/mol. The van der Waals surface area contributed by atoms with Crippen LogP contribution in [0.15, 0.2) is 40.8 Å². The molecule has 0 aliphatic rings. The van der Waals surface area contributed by atoms with E-state index in [1.165, 1.54) is 18.2 Å². The molecule has 158 valence electrons. The molecule has 1 N–H and O–H groups in total. The molecule has 0 bridgehead atoms. The third-order valence-electron chi connectivity index (χ3n) is 4.44. The molecular weight excluding hydrogens is 443 g/mol. The summed E-state index contributed by atoms with van der Waals surface area (Å²) in [7, 11) is 0. The molecule has 3 aromatic carbocycles. The van der Waals surface area contributed by atoms with Crippen molar-refractivity contribution in [1.82, 2.24) is 4.98 Å². The molecule has 4 rings (SSSR count). The maximum absolute atomic E-state index is 13.9. The van der Waals surface area contributed by atoms with Crippen molar-refractivity contribution >= 4 is 34.3 Å². The first-order valence-electron chi connectivity index (χ1n) is 8.67. The number of aryl methyl sites for hydroxylation is 1. The van der Waals surface area contributed by atoms with Gasteiger partial charge in [-0.05, 0) is 42.8 Å². The molecule has 0 unspecified atom stereocenters. The van der Waals surface area contributed by atoms with Crippen molar-refractivity contribution in [3.05, 3.63) is 81.6 Å². The molecule has 31 heavy (non-hydrogen) atoms. The predicted octanol–water partition coefficient (Wildman–Crippen LogP) is 6.40. The van der Waals surface area contributed by atoms with Crippen LogP contribution in [0.1, 0.15) is 15.9 Å². The lowest BCUT2D eigenvalue weighted by molar-refractivity contribution is 0.101. The first kappa shape index (κ1) is 20.8. The van der Waals surface area contributed by atoms with E-state index in [1.807, 2.05) is 13.0 Å². The smallest absolute Gasteiger partial charge is 0.261 e. The van der Waals surface area contributed by atoms with Gasteiger partial charge in [0.05, 0.1) is 10.7 Å². The van der Waals surface area contributed by atoms with E-state index in [4.69, 9.17) is 16.0 Å². The topological polar surface area (TPSA) is 55.1 Å². The van der Waals surface area contributed by atoms with Gasteiger partial charge < -0.3 is 9.73 Å². The van der Waals surface area contributed by atoms with E-state index in [0.29, 0.717) is 16.7 Å². The second-order valence-electron chi connectivity index (χ2n) is 6.58. The summed E-state index contributed by atoms with van der Waals surface area (Å²) in [6, 6.07) is 9.53. The summed E-state index contributed by atoms with van der Waals surface area (Å²) < 4.78 is 73.5. The van der Waals surface area contributed by atoms with Crippen molar-refractivity contribution in [2.45, 2.75) is 6.92 Å². The molecule has 1 aromatic heterocycles. The van der Waals surface area contributed by atoms with Gasteiger partial charge in [0, 0.05) is 5.56 Å². The maximum Gasteiger partial charge on any atom is 0.261 e. The van der Waals surface area contributed by atoms with Crippen molar-refractivity contribution in [3.8, 4) is 11.5 Å². The van der Waals surface area contributed by atoms with E-state index >= 15 is 0 Å². The molecule has 0 fully saturated rings. The van der Waals surface area contributed by atoms with E-state index < -0.39 is 40.6 Å². The summed E-state index contributed by atoms with van der Waals surface area (Å²) in [5.74, 6) is -12.7. The largest absolute Gasteiger partial charge is 0.436 e. The van der Waals surface area contributed by atoms with Crippen LogP contribution in [-0.4, -0.2) is 10.9 Å². The quantitative estimate of drug-likeness (QED) is 0.222. The number of carbonyl (C=O) groups is 1. The molecule has 1 heterocycles. The van der Waals surface area contributed by atoms with Crippen LogP contribution in [0.3, 0.4) is 0 Å². The Morgan fingerprint density at radius 1 is 0.935 bits per heavy atom. The standard InChI is InChI=1S/C21H10ClF5N2O2/c1-8-2-5-11-13(6-8)31-21(29-11)9-3-4-10(22)12(7-9)28-20(30)14-15(23)17(25)19(27)18(26)16(14)24/h2-7H,1H3,(H,28,30). The minimum atomic E-state index is -2.36. The molecule has 0 spiro atoms. The van der Waals surface area contributed by atoms with Gasteiger partial charge in [-0.15, -0.1) is 0 Å². The molecule has 10 heteroatoms. The second kappa shape index (κ2) is 7.66. The lowest BCUT2D eigenvalue weighted by Crippen LogP contribution is -2.19. The van der Waals surface area contributed by atoms with E-state index in [-0.39, 0.29) is 16.6 Å². The molecule has 0 saturated carbocycles. The highest BCUT2D eigenvalue weighted by molar-refractivity contribution is 6.34. The van der Waals surface area contributed by atoms with E-state index in [9.17, 15) is 26.7 Å². The van der Waals surface area contributed by atoms with Gasteiger partial charge in [-0.3, -0.25) is 4.79 Å². The van der Waals surface area contributed by atoms with Crippen molar-refractivity contribution in [3.63, 3.8) is 0 Å². The van der Waals surface area contributed by atoms with Crippen LogP contribution < -0.4 is 5.32 Å². The fourth-order valence-electron chi connectivity index (χ4n) is 2.90.